The normalized spacial score (nSPS) is 16.9. The largest absolute Gasteiger partial charge is 0.390 e. The van der Waals surface area contributed by atoms with E-state index in [-0.39, 0.29) is 5.78 Å². The highest BCUT2D eigenvalue weighted by molar-refractivity contribution is 5.80. The molecule has 0 heterocycles. The van der Waals surface area contributed by atoms with Crippen molar-refractivity contribution in [1.29, 1.82) is 0 Å². The summed E-state index contributed by atoms with van der Waals surface area (Å²) in [5, 5.41) is 17.6. The molecule has 0 saturated heterocycles. The lowest BCUT2D eigenvalue weighted by atomic mass is 10.1. The van der Waals surface area contributed by atoms with Crippen molar-refractivity contribution >= 4 is 5.78 Å². The number of hydrogen-bond donors (Lipinski definition) is 2. The smallest absolute Gasteiger partial charge is 0.160 e. The minimum absolute atomic E-state index is 0.385. The highest BCUT2D eigenvalue weighted by atomic mass is 16.3. The number of aliphatic hydroxyl groups is 2. The van der Waals surface area contributed by atoms with Crippen LogP contribution in [0.25, 0.3) is 0 Å². The first-order valence-electron chi connectivity index (χ1n) is 2.96. The van der Waals surface area contributed by atoms with Crippen molar-refractivity contribution in [3.05, 3.63) is 0 Å². The molecule has 0 saturated carbocycles. The number of carbonyl (C=O) groups excluding carboxylic acids is 1. The van der Waals surface area contributed by atoms with Gasteiger partial charge in [0.15, 0.2) is 5.78 Å². The molecule has 0 aliphatic carbocycles. The van der Waals surface area contributed by atoms with Crippen molar-refractivity contribution in [2.75, 3.05) is 0 Å². The highest BCUT2D eigenvalue weighted by Crippen LogP contribution is 1.98. The van der Waals surface area contributed by atoms with Crippen molar-refractivity contribution in [2.45, 2.75) is 32.5 Å². The topological polar surface area (TPSA) is 57.5 Å². The first-order valence-corrected chi connectivity index (χ1v) is 2.96. The quantitative estimate of drug-likeness (QED) is 0.554. The predicted molar refractivity (Wildman–Crippen MR) is 33.0 cm³/mol. The Morgan fingerprint density at radius 2 is 2.00 bits per heavy atom. The number of hydrogen-bond acceptors (Lipinski definition) is 3. The minimum atomic E-state index is -1.20. The first-order chi connectivity index (χ1) is 4.09. The molecule has 0 aromatic carbocycles. The van der Waals surface area contributed by atoms with Crippen molar-refractivity contribution in [3.63, 3.8) is 0 Å². The maximum atomic E-state index is 10.3. The molecule has 54 valence electrons. The molecule has 3 heteroatoms. The van der Waals surface area contributed by atoms with Gasteiger partial charge in [-0.3, -0.25) is 4.79 Å². The van der Waals surface area contributed by atoms with Crippen LogP contribution in [-0.4, -0.2) is 28.2 Å². The number of carbonyl (C=O) groups is 1. The Labute approximate surface area is 54.3 Å². The van der Waals surface area contributed by atoms with Gasteiger partial charge in [0.25, 0.3) is 0 Å². The number of aliphatic hydroxyl groups excluding tert-OH is 2. The summed E-state index contributed by atoms with van der Waals surface area (Å²) in [7, 11) is 0. The van der Waals surface area contributed by atoms with Crippen molar-refractivity contribution in [1.82, 2.24) is 0 Å². The maximum absolute atomic E-state index is 10.3. The number of rotatable bonds is 3. The molecule has 0 bridgehead atoms. The summed E-state index contributed by atoms with van der Waals surface area (Å²) in [5.74, 6) is -0.385. The van der Waals surface area contributed by atoms with Crippen LogP contribution in [0.15, 0.2) is 0 Å². The summed E-state index contributed by atoms with van der Waals surface area (Å²) in [5.41, 5.74) is 0. The Hall–Kier alpha value is -0.410. The average molecular weight is 132 g/mol. The van der Waals surface area contributed by atoms with Gasteiger partial charge in [0.05, 0.1) is 6.10 Å². The fourth-order valence-electron chi connectivity index (χ4n) is 0.494. The molecule has 0 radical (unpaired) electrons. The van der Waals surface area contributed by atoms with Gasteiger partial charge in [0, 0.05) is 0 Å². The van der Waals surface area contributed by atoms with Crippen molar-refractivity contribution in [3.8, 4) is 0 Å². The number of ketones is 1. The average Bonchev–Trinajstić information content (AvgIpc) is 1.84. The SMILES string of the molecule is CC[C@@H](O)[C@H](O)C(C)=O. The molecule has 9 heavy (non-hydrogen) atoms. The number of Topliss-reactive ketones (excluding diaryl/α,β-unsaturated/α-hetero) is 1. The fraction of sp³-hybridized carbons (Fsp3) is 0.833. The van der Waals surface area contributed by atoms with Crippen molar-refractivity contribution < 1.29 is 15.0 Å². The summed E-state index contributed by atoms with van der Waals surface area (Å²) in [6, 6.07) is 0. The van der Waals surface area contributed by atoms with Gasteiger partial charge < -0.3 is 10.2 Å². The maximum Gasteiger partial charge on any atom is 0.160 e. The molecular weight excluding hydrogens is 120 g/mol. The molecule has 0 amide bonds. The third-order valence-electron chi connectivity index (χ3n) is 1.20. The van der Waals surface area contributed by atoms with Crippen LogP contribution in [0.1, 0.15) is 20.3 Å². The van der Waals surface area contributed by atoms with Gasteiger partial charge in [-0.25, -0.2) is 0 Å². The van der Waals surface area contributed by atoms with Crippen LogP contribution in [0.4, 0.5) is 0 Å². The molecule has 0 fully saturated rings. The Bertz CT molecular complexity index is 100. The van der Waals surface area contributed by atoms with E-state index < -0.39 is 12.2 Å². The van der Waals surface area contributed by atoms with Crippen molar-refractivity contribution in [2.24, 2.45) is 0 Å². The van der Waals surface area contributed by atoms with E-state index in [1.807, 2.05) is 0 Å². The summed E-state index contributed by atoms with van der Waals surface area (Å²) >= 11 is 0. The second kappa shape index (κ2) is 3.58. The second-order valence-corrected chi connectivity index (χ2v) is 2.03. The molecule has 0 rings (SSSR count). The second-order valence-electron chi connectivity index (χ2n) is 2.03. The summed E-state index contributed by atoms with van der Waals surface area (Å²) in [4.78, 5) is 10.3. The Morgan fingerprint density at radius 1 is 1.56 bits per heavy atom. The monoisotopic (exact) mass is 132 g/mol. The Morgan fingerprint density at radius 3 is 2.11 bits per heavy atom. The predicted octanol–water partition coefficient (Wildman–Crippen LogP) is -0.293. The molecule has 0 aliphatic heterocycles. The van der Waals surface area contributed by atoms with E-state index in [2.05, 4.69) is 0 Å². The molecule has 0 aromatic heterocycles. The van der Waals surface area contributed by atoms with Crippen LogP contribution in [-0.2, 0) is 4.79 Å². The molecule has 2 atom stereocenters. The molecule has 0 aromatic rings. The lowest BCUT2D eigenvalue weighted by Gasteiger charge is -2.11. The van der Waals surface area contributed by atoms with Crippen LogP contribution in [0.3, 0.4) is 0 Å². The van der Waals surface area contributed by atoms with Crippen LogP contribution in [0.5, 0.6) is 0 Å². The molecule has 0 aliphatic rings. The lowest BCUT2D eigenvalue weighted by molar-refractivity contribution is -0.130. The third kappa shape index (κ3) is 2.58. The van der Waals surface area contributed by atoms with E-state index in [0.717, 1.165) is 0 Å². The molecule has 3 nitrogen and oxygen atoms in total. The van der Waals surface area contributed by atoms with Crippen LogP contribution in [0.2, 0.25) is 0 Å². The molecule has 0 spiro atoms. The van der Waals surface area contributed by atoms with E-state index in [1.165, 1.54) is 6.92 Å². The van der Waals surface area contributed by atoms with E-state index in [4.69, 9.17) is 10.2 Å². The molecule has 2 N–H and O–H groups in total. The zero-order valence-electron chi connectivity index (χ0n) is 5.66. The van der Waals surface area contributed by atoms with Gasteiger partial charge in [-0.1, -0.05) is 6.92 Å². The van der Waals surface area contributed by atoms with Gasteiger partial charge in [-0.2, -0.15) is 0 Å². The molecule has 0 unspecified atom stereocenters. The lowest BCUT2D eigenvalue weighted by Crippen LogP contribution is -2.31. The van der Waals surface area contributed by atoms with E-state index >= 15 is 0 Å². The Kier molecular flexibility index (Phi) is 3.42. The zero-order valence-corrected chi connectivity index (χ0v) is 5.66. The minimum Gasteiger partial charge on any atom is -0.390 e. The zero-order chi connectivity index (χ0) is 7.44. The van der Waals surface area contributed by atoms with Gasteiger partial charge in [-0.05, 0) is 13.3 Å². The Balaban J connectivity index is 3.72. The van der Waals surface area contributed by atoms with Crippen LogP contribution >= 0.6 is 0 Å². The highest BCUT2D eigenvalue weighted by Gasteiger charge is 2.17. The van der Waals surface area contributed by atoms with E-state index in [1.54, 1.807) is 6.92 Å². The fourth-order valence-corrected chi connectivity index (χ4v) is 0.494. The van der Waals surface area contributed by atoms with Gasteiger partial charge >= 0.3 is 0 Å². The third-order valence-corrected chi connectivity index (χ3v) is 1.20. The summed E-state index contributed by atoms with van der Waals surface area (Å²) < 4.78 is 0. The van der Waals surface area contributed by atoms with Crippen LogP contribution < -0.4 is 0 Å². The van der Waals surface area contributed by atoms with E-state index in [9.17, 15) is 4.79 Å². The van der Waals surface area contributed by atoms with Gasteiger partial charge in [0.2, 0.25) is 0 Å². The van der Waals surface area contributed by atoms with Gasteiger partial charge in [0.1, 0.15) is 6.10 Å². The first kappa shape index (κ1) is 8.59. The van der Waals surface area contributed by atoms with Crippen LogP contribution in [0, 0.1) is 0 Å². The summed E-state index contributed by atoms with van der Waals surface area (Å²) in [6.07, 6.45) is -1.70. The van der Waals surface area contributed by atoms with Gasteiger partial charge in [-0.15, -0.1) is 0 Å². The standard InChI is InChI=1S/C6H12O3/c1-3-5(8)6(9)4(2)7/h5-6,8-9H,3H2,1-2H3/t5-,6-/m1/s1. The van der Waals surface area contributed by atoms with E-state index in [0.29, 0.717) is 6.42 Å². The summed E-state index contributed by atoms with van der Waals surface area (Å²) in [6.45, 7) is 2.96. The molecular formula is C6H12O3.